The first-order valence-corrected chi connectivity index (χ1v) is 5.42. The van der Waals surface area contributed by atoms with E-state index >= 15 is 0 Å². The largest absolute Gasteiger partial charge is 0.393 e. The molecule has 1 atom stereocenters. The average Bonchev–Trinajstić information content (AvgIpc) is 2.75. The van der Waals surface area contributed by atoms with E-state index in [-0.39, 0.29) is 11.6 Å². The third-order valence-corrected chi connectivity index (χ3v) is 2.36. The summed E-state index contributed by atoms with van der Waals surface area (Å²) in [4.78, 5) is 4.08. The second-order valence-corrected chi connectivity index (χ2v) is 3.88. The Balaban J connectivity index is 2.16. The van der Waals surface area contributed by atoms with Crippen LogP contribution in [-0.2, 0) is 6.42 Å². The van der Waals surface area contributed by atoms with Gasteiger partial charge in [-0.1, -0.05) is 17.3 Å². The van der Waals surface area contributed by atoms with Gasteiger partial charge in [0.15, 0.2) is 0 Å². The van der Waals surface area contributed by atoms with Gasteiger partial charge >= 0.3 is 0 Å². The number of aromatic nitrogens is 2. The number of benzene rings is 1. The van der Waals surface area contributed by atoms with Crippen LogP contribution in [-0.4, -0.2) is 21.4 Å². The first-order chi connectivity index (χ1) is 8.16. The predicted octanol–water partition coefficient (Wildman–Crippen LogP) is 2.19. The number of hydrogen-bond donors (Lipinski definition) is 1. The lowest BCUT2D eigenvalue weighted by Crippen LogP contribution is -2.01. The molecule has 1 aromatic carbocycles. The highest BCUT2D eigenvalue weighted by molar-refractivity contribution is 5.54. The highest BCUT2D eigenvalue weighted by Gasteiger charge is 2.12. The Morgan fingerprint density at radius 3 is 2.88 bits per heavy atom. The third-order valence-electron chi connectivity index (χ3n) is 2.36. The maximum Gasteiger partial charge on any atom is 0.227 e. The van der Waals surface area contributed by atoms with E-state index in [1.54, 1.807) is 25.1 Å². The van der Waals surface area contributed by atoms with Gasteiger partial charge in [0.25, 0.3) is 0 Å². The fourth-order valence-electron chi connectivity index (χ4n) is 1.44. The molecular weight excluding hydrogens is 223 g/mol. The molecule has 1 unspecified atom stereocenters. The predicted molar refractivity (Wildman–Crippen MR) is 59.7 cm³/mol. The smallest absolute Gasteiger partial charge is 0.227 e. The molecule has 2 aromatic rings. The number of aliphatic hydroxyl groups is 1. The lowest BCUT2D eigenvalue weighted by atomic mass is 10.2. The molecule has 0 spiro atoms. The van der Waals surface area contributed by atoms with Crippen LogP contribution in [0.25, 0.3) is 11.4 Å². The van der Waals surface area contributed by atoms with Crippen LogP contribution in [0.15, 0.2) is 28.8 Å². The normalized spacial score (nSPS) is 12.6. The van der Waals surface area contributed by atoms with Gasteiger partial charge in [-0.2, -0.15) is 4.98 Å². The van der Waals surface area contributed by atoms with Gasteiger partial charge in [0.2, 0.25) is 11.7 Å². The van der Waals surface area contributed by atoms with Crippen LogP contribution in [0.5, 0.6) is 0 Å². The van der Waals surface area contributed by atoms with Crippen molar-refractivity contribution in [3.05, 3.63) is 36.0 Å². The van der Waals surface area contributed by atoms with E-state index in [1.807, 2.05) is 0 Å². The van der Waals surface area contributed by atoms with Crippen LogP contribution in [0.4, 0.5) is 4.39 Å². The zero-order valence-electron chi connectivity index (χ0n) is 9.43. The third kappa shape index (κ3) is 2.88. The van der Waals surface area contributed by atoms with Crippen molar-refractivity contribution in [1.29, 1.82) is 0 Å². The first-order valence-electron chi connectivity index (χ1n) is 5.42. The maximum absolute atomic E-state index is 13.4. The number of nitrogens with zero attached hydrogens (tertiary/aromatic N) is 2. The Morgan fingerprint density at radius 1 is 1.41 bits per heavy atom. The Morgan fingerprint density at radius 2 is 2.18 bits per heavy atom. The summed E-state index contributed by atoms with van der Waals surface area (Å²) in [6.07, 6.45) is 0.608. The van der Waals surface area contributed by atoms with E-state index in [1.165, 1.54) is 6.07 Å². The zero-order chi connectivity index (χ0) is 12.3. The molecule has 17 heavy (non-hydrogen) atoms. The van der Waals surface area contributed by atoms with E-state index in [0.29, 0.717) is 24.3 Å². The van der Waals surface area contributed by atoms with Gasteiger partial charge < -0.3 is 9.63 Å². The first kappa shape index (κ1) is 11.7. The second-order valence-electron chi connectivity index (χ2n) is 3.88. The van der Waals surface area contributed by atoms with Crippen LogP contribution >= 0.6 is 0 Å². The lowest BCUT2D eigenvalue weighted by molar-refractivity contribution is 0.180. The van der Waals surface area contributed by atoms with Crippen LogP contribution in [0.3, 0.4) is 0 Å². The van der Waals surface area contributed by atoms with E-state index in [2.05, 4.69) is 10.1 Å². The molecule has 0 amide bonds. The van der Waals surface area contributed by atoms with Crippen LogP contribution in [0.2, 0.25) is 0 Å². The van der Waals surface area contributed by atoms with Gasteiger partial charge in [-0.15, -0.1) is 0 Å². The van der Waals surface area contributed by atoms with E-state index in [4.69, 9.17) is 9.63 Å². The molecule has 1 N–H and O–H groups in total. The summed E-state index contributed by atoms with van der Waals surface area (Å²) in [5.41, 5.74) is 0.319. The second kappa shape index (κ2) is 5.05. The van der Waals surface area contributed by atoms with Crippen molar-refractivity contribution in [2.24, 2.45) is 0 Å². The molecule has 0 bridgehead atoms. The molecule has 0 fully saturated rings. The molecular formula is C12H13FN2O2. The minimum atomic E-state index is -0.418. The quantitative estimate of drug-likeness (QED) is 0.884. The van der Waals surface area contributed by atoms with Crippen LogP contribution < -0.4 is 0 Å². The molecule has 0 aliphatic rings. The van der Waals surface area contributed by atoms with Gasteiger partial charge in [0.05, 0.1) is 11.7 Å². The van der Waals surface area contributed by atoms with Gasteiger partial charge in [0.1, 0.15) is 5.82 Å². The minimum Gasteiger partial charge on any atom is -0.393 e. The Bertz CT molecular complexity index is 497. The summed E-state index contributed by atoms with van der Waals surface area (Å²) in [6.45, 7) is 1.69. The standard InChI is InChI=1S/C12H13FN2O2/c1-8(16)6-7-11-14-12(15-17-11)9-4-2-3-5-10(9)13/h2-5,8,16H,6-7H2,1H3. The molecule has 0 aliphatic carbocycles. The summed E-state index contributed by atoms with van der Waals surface area (Å²) in [7, 11) is 0. The summed E-state index contributed by atoms with van der Waals surface area (Å²) in [6, 6.07) is 6.26. The molecule has 5 heteroatoms. The number of aryl methyl sites for hydroxylation is 1. The fourth-order valence-corrected chi connectivity index (χ4v) is 1.44. The molecule has 0 saturated carbocycles. The number of hydrogen-bond acceptors (Lipinski definition) is 4. The van der Waals surface area contributed by atoms with Crippen LogP contribution in [0, 0.1) is 5.82 Å². The van der Waals surface area contributed by atoms with Crippen LogP contribution in [0.1, 0.15) is 19.2 Å². The highest BCUT2D eigenvalue weighted by atomic mass is 19.1. The van der Waals surface area contributed by atoms with Crippen molar-refractivity contribution in [1.82, 2.24) is 10.1 Å². The molecule has 1 aromatic heterocycles. The number of aliphatic hydroxyl groups excluding tert-OH is 1. The van der Waals surface area contributed by atoms with Crippen molar-refractivity contribution in [2.75, 3.05) is 0 Å². The SMILES string of the molecule is CC(O)CCc1nc(-c2ccccc2F)no1. The summed E-state index contributed by atoms with van der Waals surface area (Å²) < 4.78 is 18.4. The van der Waals surface area contributed by atoms with E-state index < -0.39 is 6.10 Å². The van der Waals surface area contributed by atoms with Crippen molar-refractivity contribution in [3.63, 3.8) is 0 Å². The van der Waals surface area contributed by atoms with Crippen molar-refractivity contribution in [3.8, 4) is 11.4 Å². The summed E-state index contributed by atoms with van der Waals surface area (Å²) in [5, 5.41) is 12.8. The summed E-state index contributed by atoms with van der Waals surface area (Å²) in [5.74, 6) is 0.267. The zero-order valence-corrected chi connectivity index (χ0v) is 9.43. The van der Waals surface area contributed by atoms with E-state index in [0.717, 1.165) is 0 Å². The number of halogens is 1. The van der Waals surface area contributed by atoms with Crippen molar-refractivity contribution in [2.45, 2.75) is 25.9 Å². The van der Waals surface area contributed by atoms with Gasteiger partial charge in [0, 0.05) is 6.42 Å². The Hall–Kier alpha value is -1.75. The monoisotopic (exact) mass is 236 g/mol. The summed E-state index contributed by atoms with van der Waals surface area (Å²) >= 11 is 0. The minimum absolute atomic E-state index is 0.240. The highest BCUT2D eigenvalue weighted by Crippen LogP contribution is 2.19. The van der Waals surface area contributed by atoms with Gasteiger partial charge in [-0.3, -0.25) is 0 Å². The molecule has 90 valence electrons. The van der Waals surface area contributed by atoms with Gasteiger partial charge in [-0.05, 0) is 25.5 Å². The lowest BCUT2D eigenvalue weighted by Gasteiger charge is -1.98. The molecule has 0 radical (unpaired) electrons. The maximum atomic E-state index is 13.4. The Labute approximate surface area is 98.1 Å². The van der Waals surface area contributed by atoms with Gasteiger partial charge in [-0.25, -0.2) is 4.39 Å². The van der Waals surface area contributed by atoms with Crippen molar-refractivity contribution < 1.29 is 14.0 Å². The Kier molecular flexibility index (Phi) is 3.49. The topological polar surface area (TPSA) is 59.2 Å². The molecule has 1 heterocycles. The number of rotatable bonds is 4. The fraction of sp³-hybridized carbons (Fsp3) is 0.333. The average molecular weight is 236 g/mol. The molecule has 2 rings (SSSR count). The van der Waals surface area contributed by atoms with Crippen molar-refractivity contribution >= 4 is 0 Å². The molecule has 0 aliphatic heterocycles. The van der Waals surface area contributed by atoms with E-state index in [9.17, 15) is 4.39 Å². The molecule has 0 saturated heterocycles. The molecule has 4 nitrogen and oxygen atoms in total.